The van der Waals surface area contributed by atoms with Crippen LogP contribution in [0.1, 0.15) is 41.3 Å². The minimum Gasteiger partial charge on any atom is -0.478 e. The van der Waals surface area contributed by atoms with Crippen LogP contribution >= 0.6 is 0 Å². The molecule has 0 amide bonds. The first-order valence-corrected chi connectivity index (χ1v) is 11.4. The highest BCUT2D eigenvalue weighted by Gasteiger charge is 2.38. The summed E-state index contributed by atoms with van der Waals surface area (Å²) in [7, 11) is -2.08. The van der Waals surface area contributed by atoms with Gasteiger partial charge in [0, 0.05) is 13.6 Å². The minimum atomic E-state index is -5.08. The standard InChI is InChI=1S/C19H25N3O4S.C2HF3O2/c1-5-6-9-22(4)18-16(19(23)24)11-15(12-20-18)21-27(25,26)17-10-13(2)7-8-14(17)3;3-2(4,5)1(6)7/h7-8,10-12,21H,5-6,9H2,1-4H3,(H,23,24);(H,6,7). The lowest BCUT2D eigenvalue weighted by atomic mass is 10.2. The van der Waals surface area contributed by atoms with E-state index in [1.807, 2.05) is 19.9 Å². The van der Waals surface area contributed by atoms with Gasteiger partial charge in [0.25, 0.3) is 10.0 Å². The first-order valence-electron chi connectivity index (χ1n) is 9.94. The van der Waals surface area contributed by atoms with Gasteiger partial charge in [-0.05, 0) is 43.5 Å². The zero-order valence-electron chi connectivity index (χ0n) is 19.0. The predicted octanol–water partition coefficient (Wildman–Crippen LogP) is 4.07. The summed E-state index contributed by atoms with van der Waals surface area (Å²) in [4.78, 5) is 26.6. The molecule has 2 aromatic rings. The Morgan fingerprint density at radius 1 is 1.15 bits per heavy atom. The fourth-order valence-corrected chi connectivity index (χ4v) is 4.05. The average molecular weight is 506 g/mol. The van der Waals surface area contributed by atoms with Crippen LogP contribution < -0.4 is 9.62 Å². The van der Waals surface area contributed by atoms with Crippen molar-refractivity contribution >= 4 is 33.5 Å². The molecule has 0 bridgehead atoms. The Morgan fingerprint density at radius 2 is 1.74 bits per heavy atom. The van der Waals surface area contributed by atoms with Crippen molar-refractivity contribution in [2.24, 2.45) is 0 Å². The molecule has 188 valence electrons. The Morgan fingerprint density at radius 3 is 2.24 bits per heavy atom. The van der Waals surface area contributed by atoms with Crippen LogP contribution in [0.2, 0.25) is 0 Å². The molecule has 2 rings (SSSR count). The van der Waals surface area contributed by atoms with Crippen molar-refractivity contribution in [3.8, 4) is 0 Å². The van der Waals surface area contributed by atoms with Gasteiger partial charge < -0.3 is 15.1 Å². The second kappa shape index (κ2) is 11.7. The van der Waals surface area contributed by atoms with Crippen molar-refractivity contribution in [1.29, 1.82) is 0 Å². The third kappa shape index (κ3) is 8.21. The maximum atomic E-state index is 12.7. The molecule has 1 aromatic heterocycles. The van der Waals surface area contributed by atoms with Gasteiger partial charge in [-0.1, -0.05) is 25.5 Å². The van der Waals surface area contributed by atoms with Crippen LogP contribution in [0.15, 0.2) is 35.4 Å². The van der Waals surface area contributed by atoms with E-state index in [4.69, 9.17) is 9.90 Å². The molecule has 0 saturated carbocycles. The Hall–Kier alpha value is -3.35. The van der Waals surface area contributed by atoms with Crippen LogP contribution in [0.4, 0.5) is 24.7 Å². The van der Waals surface area contributed by atoms with Gasteiger partial charge >= 0.3 is 18.1 Å². The fourth-order valence-electron chi connectivity index (χ4n) is 2.68. The number of carboxylic acid groups (broad SMARTS) is 2. The van der Waals surface area contributed by atoms with E-state index in [0.717, 1.165) is 18.4 Å². The molecule has 3 N–H and O–H groups in total. The molecule has 0 spiro atoms. The largest absolute Gasteiger partial charge is 0.490 e. The second-order valence-electron chi connectivity index (χ2n) is 7.35. The molecule has 9 nitrogen and oxygen atoms in total. The van der Waals surface area contributed by atoms with Crippen molar-refractivity contribution < 1.29 is 41.4 Å². The Bertz CT molecular complexity index is 1140. The lowest BCUT2D eigenvalue weighted by Crippen LogP contribution is -2.23. The quantitative estimate of drug-likeness (QED) is 0.488. The summed E-state index contributed by atoms with van der Waals surface area (Å²) >= 11 is 0. The van der Waals surface area contributed by atoms with Crippen molar-refractivity contribution in [2.75, 3.05) is 23.2 Å². The number of rotatable bonds is 8. The molecule has 1 aromatic carbocycles. The van der Waals surface area contributed by atoms with E-state index >= 15 is 0 Å². The summed E-state index contributed by atoms with van der Waals surface area (Å²) in [6, 6.07) is 6.45. The first kappa shape index (κ1) is 28.7. The number of pyridine rings is 1. The van der Waals surface area contributed by atoms with Crippen molar-refractivity contribution in [1.82, 2.24) is 4.98 Å². The topological polar surface area (TPSA) is 137 Å². The number of benzene rings is 1. The monoisotopic (exact) mass is 505 g/mol. The third-order valence-corrected chi connectivity index (χ3v) is 5.96. The molecule has 13 heteroatoms. The highest BCUT2D eigenvalue weighted by molar-refractivity contribution is 7.92. The number of nitrogens with one attached hydrogen (secondary N) is 1. The molecule has 34 heavy (non-hydrogen) atoms. The summed E-state index contributed by atoms with van der Waals surface area (Å²) in [5, 5.41) is 16.6. The predicted molar refractivity (Wildman–Crippen MR) is 120 cm³/mol. The highest BCUT2D eigenvalue weighted by atomic mass is 32.2. The Labute approximate surface area is 195 Å². The van der Waals surface area contributed by atoms with Gasteiger partial charge in [-0.15, -0.1) is 0 Å². The molecular weight excluding hydrogens is 479 g/mol. The van der Waals surface area contributed by atoms with E-state index in [1.54, 1.807) is 31.0 Å². The van der Waals surface area contributed by atoms with Crippen molar-refractivity contribution in [2.45, 2.75) is 44.7 Å². The van der Waals surface area contributed by atoms with E-state index < -0.39 is 28.1 Å². The number of sulfonamides is 1. The van der Waals surface area contributed by atoms with Gasteiger partial charge in [-0.25, -0.2) is 23.0 Å². The van der Waals surface area contributed by atoms with E-state index in [2.05, 4.69) is 9.71 Å². The average Bonchev–Trinajstić information content (AvgIpc) is 2.73. The number of anilines is 2. The smallest absolute Gasteiger partial charge is 0.478 e. The molecule has 0 atom stereocenters. The maximum Gasteiger partial charge on any atom is 0.490 e. The van der Waals surface area contributed by atoms with Gasteiger partial charge in [-0.3, -0.25) is 4.72 Å². The van der Waals surface area contributed by atoms with Crippen molar-refractivity contribution in [3.05, 3.63) is 47.2 Å². The van der Waals surface area contributed by atoms with Crippen LogP contribution in [0.3, 0.4) is 0 Å². The minimum absolute atomic E-state index is 0.0465. The van der Waals surface area contributed by atoms with Crippen LogP contribution in [-0.2, 0) is 14.8 Å². The van der Waals surface area contributed by atoms with Crippen LogP contribution in [-0.4, -0.2) is 55.3 Å². The lowest BCUT2D eigenvalue weighted by molar-refractivity contribution is -0.192. The SMILES string of the molecule is CCCCN(C)c1ncc(NS(=O)(=O)c2cc(C)ccc2C)cc1C(=O)O.O=C(O)C(F)(F)F. The molecule has 0 aliphatic carbocycles. The normalized spacial score (nSPS) is 11.3. The maximum absolute atomic E-state index is 12.7. The van der Waals surface area contributed by atoms with Crippen molar-refractivity contribution in [3.63, 3.8) is 0 Å². The number of halogens is 3. The number of alkyl halides is 3. The summed E-state index contributed by atoms with van der Waals surface area (Å²) in [5.74, 6) is -3.60. The zero-order valence-corrected chi connectivity index (χ0v) is 19.8. The van der Waals surface area contributed by atoms with Gasteiger partial charge in [0.05, 0.1) is 16.8 Å². The number of aromatic carboxylic acids is 1. The number of hydrogen-bond acceptors (Lipinski definition) is 6. The number of nitrogens with zero attached hydrogens (tertiary/aromatic N) is 2. The molecule has 0 unspecified atom stereocenters. The van der Waals surface area contributed by atoms with Gasteiger partial charge in [0.2, 0.25) is 0 Å². The first-order chi connectivity index (χ1) is 15.6. The Balaban J connectivity index is 0.000000718. The molecule has 1 heterocycles. The Kier molecular flexibility index (Phi) is 9.85. The third-order valence-electron chi connectivity index (χ3n) is 4.43. The molecular formula is C21H26F3N3O6S. The number of aromatic nitrogens is 1. The number of carboxylic acids is 2. The molecule has 0 aliphatic rings. The van der Waals surface area contributed by atoms with Crippen LogP contribution in [0.25, 0.3) is 0 Å². The fraction of sp³-hybridized carbons (Fsp3) is 0.381. The zero-order chi connectivity index (χ0) is 26.3. The van der Waals surface area contributed by atoms with Gasteiger partial charge in [0.15, 0.2) is 0 Å². The van der Waals surface area contributed by atoms with Gasteiger partial charge in [0.1, 0.15) is 11.4 Å². The van der Waals surface area contributed by atoms with Crippen LogP contribution in [0.5, 0.6) is 0 Å². The molecule has 0 aliphatic heterocycles. The summed E-state index contributed by atoms with van der Waals surface area (Å²) in [5.41, 5.74) is 1.49. The van der Waals surface area contributed by atoms with E-state index in [9.17, 15) is 31.5 Å². The van der Waals surface area contributed by atoms with Crippen LogP contribution in [0, 0.1) is 13.8 Å². The van der Waals surface area contributed by atoms with E-state index in [1.165, 1.54) is 12.3 Å². The number of carbonyl (C=O) groups is 2. The highest BCUT2D eigenvalue weighted by Crippen LogP contribution is 2.24. The van der Waals surface area contributed by atoms with E-state index in [0.29, 0.717) is 17.9 Å². The number of aryl methyl sites for hydroxylation is 2. The number of unbranched alkanes of at least 4 members (excludes halogenated alkanes) is 1. The summed E-state index contributed by atoms with van der Waals surface area (Å²) in [6.07, 6.45) is -1.87. The number of hydrogen-bond donors (Lipinski definition) is 3. The summed E-state index contributed by atoms with van der Waals surface area (Å²) in [6.45, 7) is 6.23. The molecule has 0 radical (unpaired) electrons. The second-order valence-corrected chi connectivity index (χ2v) is 9.00. The van der Waals surface area contributed by atoms with E-state index in [-0.39, 0.29) is 16.1 Å². The number of aliphatic carboxylic acids is 1. The molecule has 0 fully saturated rings. The van der Waals surface area contributed by atoms with Gasteiger partial charge in [-0.2, -0.15) is 13.2 Å². The molecule has 0 saturated heterocycles. The summed E-state index contributed by atoms with van der Waals surface area (Å²) < 4.78 is 59.6. The lowest BCUT2D eigenvalue weighted by Gasteiger charge is -2.20.